The molecule has 0 fully saturated rings. The zero-order valence-electron chi connectivity index (χ0n) is 37.2. The molecule has 5 nitrogen and oxygen atoms in total. The van der Waals surface area contributed by atoms with Gasteiger partial charge < -0.3 is 23.0 Å². The minimum atomic E-state index is -0.330. The first-order chi connectivity index (χ1) is 30.3. The van der Waals surface area contributed by atoms with E-state index in [1.54, 1.807) is 0 Å². The highest BCUT2D eigenvalue weighted by molar-refractivity contribution is 6.93. The summed E-state index contributed by atoms with van der Waals surface area (Å²) < 4.78 is 21.3. The summed E-state index contributed by atoms with van der Waals surface area (Å²) in [6, 6.07) is 46.6. The maximum absolute atomic E-state index is 7.34. The zero-order valence-corrected chi connectivity index (χ0v) is 37.2. The maximum atomic E-state index is 7.34. The van der Waals surface area contributed by atoms with Gasteiger partial charge in [-0.25, -0.2) is 0 Å². The van der Waals surface area contributed by atoms with Gasteiger partial charge in [0, 0.05) is 49.6 Å². The van der Waals surface area contributed by atoms with Crippen molar-refractivity contribution in [1.82, 2.24) is 0 Å². The Morgan fingerprint density at radius 2 is 1.19 bits per heavy atom. The number of nitrogens with zero attached hydrogens (tertiary/aromatic N) is 2. The van der Waals surface area contributed by atoms with Crippen LogP contribution < -0.4 is 20.8 Å². The molecule has 0 atom stereocenters. The molecule has 1 aliphatic carbocycles. The van der Waals surface area contributed by atoms with Crippen LogP contribution in [0.4, 0.5) is 28.4 Å². The summed E-state index contributed by atoms with van der Waals surface area (Å²) in [7, 11) is 0. The lowest BCUT2D eigenvalue weighted by Crippen LogP contribution is -2.61. The minimum absolute atomic E-state index is 0.000615. The van der Waals surface area contributed by atoms with Crippen LogP contribution in [0.1, 0.15) is 83.6 Å². The van der Waals surface area contributed by atoms with Crippen molar-refractivity contribution < 1.29 is 13.3 Å². The molecule has 3 aromatic heterocycles. The summed E-state index contributed by atoms with van der Waals surface area (Å²) in [6.07, 6.45) is 2.28. The van der Waals surface area contributed by atoms with Gasteiger partial charge >= 0.3 is 6.85 Å². The predicted molar refractivity (Wildman–Crippen MR) is 263 cm³/mol. The number of anilines is 5. The molecule has 0 spiro atoms. The van der Waals surface area contributed by atoms with Crippen LogP contribution in [0.2, 0.25) is 0 Å². The Morgan fingerprint density at radius 3 is 1.89 bits per heavy atom. The fraction of sp³-hybridized carbons (Fsp3) is 0.228. The highest BCUT2D eigenvalue weighted by Crippen LogP contribution is 2.56. The van der Waals surface area contributed by atoms with E-state index in [1.165, 1.54) is 22.3 Å². The first-order valence-corrected chi connectivity index (χ1v) is 22.6. The second kappa shape index (κ2) is 12.3. The third-order valence-corrected chi connectivity index (χ3v) is 15.0. The molecule has 6 heteroatoms. The number of para-hydroxylation sites is 3. The molecule has 0 unspecified atom stereocenters. The van der Waals surface area contributed by atoms with Crippen molar-refractivity contribution in [2.45, 2.75) is 84.5 Å². The lowest BCUT2D eigenvalue weighted by Gasteiger charge is -2.45. The van der Waals surface area contributed by atoms with Crippen LogP contribution in [0.25, 0.3) is 66.0 Å². The number of aryl methyl sites for hydroxylation is 1. The van der Waals surface area contributed by atoms with Crippen LogP contribution >= 0.6 is 0 Å². The number of hydrogen-bond acceptors (Lipinski definition) is 5. The number of fused-ring (bicyclic) bond motifs is 15. The van der Waals surface area contributed by atoms with Crippen molar-refractivity contribution in [2.24, 2.45) is 0 Å². The summed E-state index contributed by atoms with van der Waals surface area (Å²) in [5, 5.41) is 5.49. The van der Waals surface area contributed by atoms with Crippen molar-refractivity contribution >= 4 is 101 Å². The topological polar surface area (TPSA) is 45.9 Å². The van der Waals surface area contributed by atoms with E-state index >= 15 is 0 Å². The van der Waals surface area contributed by atoms with Gasteiger partial charge in [0.25, 0.3) is 0 Å². The molecule has 0 saturated heterocycles. The zero-order chi connectivity index (χ0) is 42.9. The SMILES string of the molecule is Cc1cc2c(cc1N1c3c(oc4ccccc34)B3c4c(cc5c(oc6ccccc65)c41)-c1c(ccc4oc5ccccc5c14)N3c1ccc(C(C)(C)C)cc1)C(C)(C)CCC2(C)C. The minimum Gasteiger partial charge on any atom is -0.466 e. The molecule has 7 aromatic carbocycles. The van der Waals surface area contributed by atoms with E-state index in [0.29, 0.717) is 0 Å². The van der Waals surface area contributed by atoms with E-state index < -0.39 is 0 Å². The van der Waals surface area contributed by atoms with Gasteiger partial charge in [-0.05, 0) is 130 Å². The Kier molecular flexibility index (Phi) is 7.21. The van der Waals surface area contributed by atoms with Gasteiger partial charge in [-0.2, -0.15) is 0 Å². The molecule has 0 amide bonds. The molecular formula is C57H49BN2O3. The lowest BCUT2D eigenvalue weighted by molar-refractivity contribution is 0.332. The van der Waals surface area contributed by atoms with Crippen molar-refractivity contribution in [1.29, 1.82) is 0 Å². The summed E-state index contributed by atoms with van der Waals surface area (Å²) >= 11 is 0. The van der Waals surface area contributed by atoms with Gasteiger partial charge in [-0.15, -0.1) is 0 Å². The van der Waals surface area contributed by atoms with Crippen molar-refractivity contribution in [3.8, 4) is 11.1 Å². The molecule has 2 aliphatic heterocycles. The molecule has 308 valence electrons. The fourth-order valence-corrected chi connectivity index (χ4v) is 11.5. The molecule has 10 aromatic rings. The van der Waals surface area contributed by atoms with E-state index in [-0.39, 0.29) is 23.1 Å². The third-order valence-electron chi connectivity index (χ3n) is 15.0. The van der Waals surface area contributed by atoms with E-state index in [2.05, 4.69) is 192 Å². The average Bonchev–Trinajstić information content (AvgIpc) is 3.97. The van der Waals surface area contributed by atoms with Crippen LogP contribution in [0, 0.1) is 6.92 Å². The summed E-state index contributed by atoms with van der Waals surface area (Å²) in [5.74, 6) is 0. The van der Waals surface area contributed by atoms with E-state index in [9.17, 15) is 0 Å². The molecular weight excluding hydrogens is 771 g/mol. The molecule has 0 N–H and O–H groups in total. The Labute approximate surface area is 368 Å². The maximum Gasteiger partial charge on any atom is 0.376 e. The van der Waals surface area contributed by atoms with Crippen molar-refractivity contribution in [3.05, 3.63) is 150 Å². The molecule has 0 bridgehead atoms. The van der Waals surface area contributed by atoms with Crippen LogP contribution in [-0.2, 0) is 16.2 Å². The van der Waals surface area contributed by atoms with E-state index in [0.717, 1.165) is 118 Å². The number of benzene rings is 7. The summed E-state index contributed by atoms with van der Waals surface area (Å²) in [4.78, 5) is 5.07. The predicted octanol–water partition coefficient (Wildman–Crippen LogP) is 14.9. The van der Waals surface area contributed by atoms with Crippen LogP contribution in [-0.4, -0.2) is 6.85 Å². The van der Waals surface area contributed by atoms with Crippen LogP contribution in [0.15, 0.2) is 141 Å². The summed E-state index contributed by atoms with van der Waals surface area (Å²) in [5.41, 5.74) is 19.7. The van der Waals surface area contributed by atoms with Crippen LogP contribution in [0.3, 0.4) is 0 Å². The Balaban J connectivity index is 1.24. The Bertz CT molecular complexity index is 3590. The van der Waals surface area contributed by atoms with Gasteiger partial charge in [0.05, 0.1) is 11.4 Å². The van der Waals surface area contributed by atoms with E-state index in [4.69, 9.17) is 13.3 Å². The monoisotopic (exact) mass is 820 g/mol. The van der Waals surface area contributed by atoms with Crippen molar-refractivity contribution in [3.63, 3.8) is 0 Å². The van der Waals surface area contributed by atoms with Gasteiger partial charge in [-0.3, -0.25) is 0 Å². The molecule has 0 radical (unpaired) electrons. The highest BCUT2D eigenvalue weighted by atomic mass is 16.3. The smallest absolute Gasteiger partial charge is 0.376 e. The largest absolute Gasteiger partial charge is 0.466 e. The molecule has 3 aliphatic rings. The van der Waals surface area contributed by atoms with Gasteiger partial charge in [-0.1, -0.05) is 115 Å². The van der Waals surface area contributed by atoms with Crippen molar-refractivity contribution in [2.75, 3.05) is 9.71 Å². The third kappa shape index (κ3) is 4.95. The lowest BCUT2D eigenvalue weighted by atomic mass is 9.45. The van der Waals surface area contributed by atoms with Crippen LogP contribution in [0.5, 0.6) is 0 Å². The van der Waals surface area contributed by atoms with Gasteiger partial charge in [0.15, 0.2) is 5.58 Å². The molecule has 13 rings (SSSR count). The highest BCUT2D eigenvalue weighted by Gasteiger charge is 2.51. The number of furan rings is 3. The normalized spacial score (nSPS) is 16.3. The number of rotatable bonds is 2. The summed E-state index contributed by atoms with van der Waals surface area (Å²) in [6.45, 7) is 18.5. The molecule has 5 heterocycles. The number of hydrogen-bond donors (Lipinski definition) is 0. The first kappa shape index (κ1) is 36.9. The second-order valence-electron chi connectivity index (χ2n) is 20.8. The Morgan fingerprint density at radius 1 is 0.571 bits per heavy atom. The fourth-order valence-electron chi connectivity index (χ4n) is 11.5. The second-order valence-corrected chi connectivity index (χ2v) is 20.8. The standard InChI is InChI=1S/C57H49BN2O3/c1-32-29-40-41(57(7,8)28-27-56(40,5)6)31-43(32)59-51-37-17-11-14-20-46(37)63-54(51)58-50-39(30-38-35-15-9-12-18-44(35)62-53(38)52(50)59)48-42(60(58)34-23-21-33(22-24-34)55(2,3)4)25-26-47-49(48)36-16-10-13-19-45(36)61-47/h9-26,29-31H,27-28H2,1-8H3. The van der Waals surface area contributed by atoms with Gasteiger partial charge in [0.2, 0.25) is 0 Å². The average molecular weight is 821 g/mol. The van der Waals surface area contributed by atoms with Gasteiger partial charge in [0.1, 0.15) is 28.0 Å². The quantitative estimate of drug-likeness (QED) is 0.163. The molecule has 63 heavy (non-hydrogen) atoms. The first-order valence-electron chi connectivity index (χ1n) is 22.6. The Hall–Kier alpha value is -6.66. The molecule has 0 saturated carbocycles. The van der Waals surface area contributed by atoms with E-state index in [1.807, 2.05) is 0 Å².